The largest absolute Gasteiger partial charge is 0.385 e. The zero-order chi connectivity index (χ0) is 23.6. The summed E-state index contributed by atoms with van der Waals surface area (Å²) in [7, 11) is -1.66. The van der Waals surface area contributed by atoms with Crippen LogP contribution in [0.25, 0.3) is 10.9 Å². The predicted molar refractivity (Wildman–Crippen MR) is 130 cm³/mol. The summed E-state index contributed by atoms with van der Waals surface area (Å²) in [6.45, 7) is 1.42. The Labute approximate surface area is 196 Å². The lowest BCUT2D eigenvalue weighted by molar-refractivity contribution is 0.102. The molecule has 1 aliphatic rings. The number of sulfonamides is 1. The average Bonchev–Trinajstić information content (AvgIpc) is 3.15. The Hall–Kier alpha value is -3.02. The maximum absolute atomic E-state index is 12.8. The van der Waals surface area contributed by atoms with Crippen molar-refractivity contribution in [2.75, 3.05) is 35.6 Å². The second kappa shape index (κ2) is 9.46. The highest BCUT2D eigenvalue weighted by Gasteiger charge is 2.28. The van der Waals surface area contributed by atoms with Crippen LogP contribution in [-0.4, -0.2) is 49.9 Å². The van der Waals surface area contributed by atoms with E-state index >= 15 is 0 Å². The van der Waals surface area contributed by atoms with Gasteiger partial charge in [0.2, 0.25) is 10.0 Å². The van der Waals surface area contributed by atoms with E-state index in [1.54, 1.807) is 49.6 Å². The summed E-state index contributed by atoms with van der Waals surface area (Å²) in [4.78, 5) is 28.6. The molecule has 0 atom stereocenters. The molecular weight excluding hydrogens is 464 g/mol. The van der Waals surface area contributed by atoms with E-state index in [1.807, 2.05) is 0 Å². The number of hydrogen-bond donors (Lipinski definition) is 2. The molecule has 0 saturated carbocycles. The van der Waals surface area contributed by atoms with Crippen LogP contribution in [0.4, 0.5) is 11.4 Å². The van der Waals surface area contributed by atoms with Crippen LogP contribution < -0.4 is 15.2 Å². The SMILES string of the molecule is COCCCn1c(=S)[nH]c2cc(C(=O)Nc3ccc(N4CCCS4(=O)=O)cc3)ccc2c1=O. The van der Waals surface area contributed by atoms with Crippen molar-refractivity contribution in [2.24, 2.45) is 0 Å². The second-order valence-electron chi connectivity index (χ2n) is 7.74. The first-order valence-electron chi connectivity index (χ1n) is 10.5. The molecule has 1 aliphatic heterocycles. The molecule has 2 N–H and O–H groups in total. The monoisotopic (exact) mass is 488 g/mol. The van der Waals surface area contributed by atoms with Crippen molar-refractivity contribution in [1.29, 1.82) is 0 Å². The Morgan fingerprint density at radius 1 is 1.21 bits per heavy atom. The number of aromatic amines is 1. The zero-order valence-electron chi connectivity index (χ0n) is 18.0. The van der Waals surface area contributed by atoms with Crippen LogP contribution in [0.15, 0.2) is 47.3 Å². The molecule has 11 heteroatoms. The summed E-state index contributed by atoms with van der Waals surface area (Å²) >= 11 is 5.32. The van der Waals surface area contributed by atoms with Gasteiger partial charge in [0.25, 0.3) is 11.5 Å². The van der Waals surface area contributed by atoms with E-state index in [0.717, 1.165) is 0 Å². The van der Waals surface area contributed by atoms with Gasteiger partial charge in [-0.1, -0.05) is 0 Å². The first-order valence-corrected chi connectivity index (χ1v) is 12.5. The number of nitrogens with zero attached hydrogens (tertiary/aromatic N) is 2. The highest BCUT2D eigenvalue weighted by Crippen LogP contribution is 2.25. The first kappa shape index (κ1) is 23.1. The van der Waals surface area contributed by atoms with Crippen molar-refractivity contribution in [3.05, 3.63) is 63.2 Å². The first-order chi connectivity index (χ1) is 15.8. The maximum atomic E-state index is 12.8. The highest BCUT2D eigenvalue weighted by molar-refractivity contribution is 7.93. The Morgan fingerprint density at radius 2 is 1.97 bits per heavy atom. The summed E-state index contributed by atoms with van der Waals surface area (Å²) in [5.74, 6) is -0.212. The third-order valence-corrected chi connectivity index (χ3v) is 7.68. The van der Waals surface area contributed by atoms with E-state index in [9.17, 15) is 18.0 Å². The fourth-order valence-electron chi connectivity index (χ4n) is 3.81. The molecule has 1 aromatic heterocycles. The second-order valence-corrected chi connectivity index (χ2v) is 10.1. The number of ether oxygens (including phenoxy) is 1. The predicted octanol–water partition coefficient (Wildman–Crippen LogP) is 2.89. The van der Waals surface area contributed by atoms with Crippen molar-refractivity contribution >= 4 is 50.4 Å². The molecule has 0 aliphatic carbocycles. The van der Waals surface area contributed by atoms with Crippen molar-refractivity contribution in [1.82, 2.24) is 9.55 Å². The van der Waals surface area contributed by atoms with Crippen LogP contribution in [0.5, 0.6) is 0 Å². The number of nitrogens with one attached hydrogen (secondary N) is 2. The molecule has 9 nitrogen and oxygen atoms in total. The van der Waals surface area contributed by atoms with Gasteiger partial charge >= 0.3 is 0 Å². The number of rotatable bonds is 7. The molecule has 2 aromatic carbocycles. The minimum Gasteiger partial charge on any atom is -0.385 e. The number of aromatic nitrogens is 2. The van der Waals surface area contributed by atoms with Crippen LogP contribution in [0.3, 0.4) is 0 Å². The maximum Gasteiger partial charge on any atom is 0.262 e. The molecule has 0 bridgehead atoms. The van der Waals surface area contributed by atoms with Crippen LogP contribution >= 0.6 is 12.2 Å². The Kier molecular flexibility index (Phi) is 6.63. The van der Waals surface area contributed by atoms with E-state index in [0.29, 0.717) is 60.4 Å². The molecule has 0 spiro atoms. The topological polar surface area (TPSA) is 114 Å². The molecule has 2 heterocycles. The standard InChI is InChI=1S/C22H24N4O5S2/c1-31-12-2-10-25-21(28)18-9-4-15(14-19(18)24-22(25)32)20(27)23-16-5-7-17(8-6-16)26-11-3-13-33(26,29)30/h4-9,14H,2-3,10-13H2,1H3,(H,23,27)(H,24,32). The lowest BCUT2D eigenvalue weighted by atomic mass is 10.1. The molecule has 3 aromatic rings. The smallest absolute Gasteiger partial charge is 0.262 e. The van der Waals surface area contributed by atoms with Gasteiger partial charge < -0.3 is 15.0 Å². The number of anilines is 2. The molecule has 1 saturated heterocycles. The number of hydrogen-bond acceptors (Lipinski definition) is 6. The minimum absolute atomic E-state index is 0.148. The molecule has 4 rings (SSSR count). The summed E-state index contributed by atoms with van der Waals surface area (Å²) in [5.41, 5.74) is 1.72. The molecular formula is C22H24N4O5S2. The fourth-order valence-corrected chi connectivity index (χ4v) is 5.66. The van der Waals surface area contributed by atoms with Gasteiger partial charge in [0.15, 0.2) is 4.77 Å². The van der Waals surface area contributed by atoms with E-state index in [-0.39, 0.29) is 22.0 Å². The molecule has 1 fully saturated rings. The van der Waals surface area contributed by atoms with Crippen LogP contribution in [0.2, 0.25) is 0 Å². The van der Waals surface area contributed by atoms with E-state index in [1.165, 1.54) is 8.87 Å². The number of benzene rings is 2. The zero-order valence-corrected chi connectivity index (χ0v) is 19.7. The summed E-state index contributed by atoms with van der Waals surface area (Å²) in [5, 5.41) is 3.23. The highest BCUT2D eigenvalue weighted by atomic mass is 32.2. The third kappa shape index (κ3) is 4.85. The van der Waals surface area contributed by atoms with Gasteiger partial charge in [0.05, 0.1) is 22.3 Å². The van der Waals surface area contributed by atoms with E-state index < -0.39 is 10.0 Å². The Bertz CT molecular complexity index is 1410. The molecule has 0 radical (unpaired) electrons. The van der Waals surface area contributed by atoms with Gasteiger partial charge in [-0.15, -0.1) is 0 Å². The van der Waals surface area contributed by atoms with Crippen molar-refractivity contribution in [3.8, 4) is 0 Å². The number of amides is 1. The number of carbonyl (C=O) groups excluding carboxylic acids is 1. The van der Waals surface area contributed by atoms with Gasteiger partial charge in [0.1, 0.15) is 0 Å². The quantitative estimate of drug-likeness (QED) is 0.391. The van der Waals surface area contributed by atoms with Crippen LogP contribution in [0.1, 0.15) is 23.2 Å². The van der Waals surface area contributed by atoms with Gasteiger partial charge in [-0.05, 0) is 67.5 Å². The van der Waals surface area contributed by atoms with E-state index in [4.69, 9.17) is 17.0 Å². The lowest BCUT2D eigenvalue weighted by Gasteiger charge is -2.17. The number of H-pyrrole nitrogens is 1. The summed E-state index contributed by atoms with van der Waals surface area (Å²) in [6, 6.07) is 11.4. The number of carbonyl (C=O) groups is 1. The van der Waals surface area contributed by atoms with Gasteiger partial charge in [-0.25, -0.2) is 8.42 Å². The van der Waals surface area contributed by atoms with E-state index in [2.05, 4.69) is 10.3 Å². The van der Waals surface area contributed by atoms with Crippen LogP contribution in [-0.2, 0) is 21.3 Å². The van der Waals surface area contributed by atoms with Gasteiger partial charge in [0, 0.05) is 38.1 Å². The Balaban J connectivity index is 1.53. The summed E-state index contributed by atoms with van der Waals surface area (Å²) < 4.78 is 32.3. The molecule has 1 amide bonds. The van der Waals surface area contributed by atoms with Crippen molar-refractivity contribution < 1.29 is 17.9 Å². The van der Waals surface area contributed by atoms with Gasteiger partial charge in [-0.3, -0.25) is 18.5 Å². The number of fused-ring (bicyclic) bond motifs is 1. The van der Waals surface area contributed by atoms with Gasteiger partial charge in [-0.2, -0.15) is 0 Å². The molecule has 0 unspecified atom stereocenters. The number of methoxy groups -OCH3 is 1. The third-order valence-electron chi connectivity index (χ3n) is 5.49. The minimum atomic E-state index is -3.26. The Morgan fingerprint density at radius 3 is 2.64 bits per heavy atom. The summed E-state index contributed by atoms with van der Waals surface area (Å²) in [6.07, 6.45) is 1.26. The fraction of sp³-hybridized carbons (Fsp3) is 0.318. The van der Waals surface area contributed by atoms with Crippen molar-refractivity contribution in [2.45, 2.75) is 19.4 Å². The lowest BCUT2D eigenvalue weighted by Crippen LogP contribution is -2.25. The normalized spacial score (nSPS) is 15.1. The molecule has 33 heavy (non-hydrogen) atoms. The van der Waals surface area contributed by atoms with Crippen LogP contribution in [0, 0.1) is 4.77 Å². The van der Waals surface area contributed by atoms with Crippen molar-refractivity contribution in [3.63, 3.8) is 0 Å². The molecule has 174 valence electrons. The average molecular weight is 489 g/mol.